The van der Waals surface area contributed by atoms with Gasteiger partial charge in [-0.25, -0.2) is 4.98 Å². The molecule has 10 heteroatoms. The second kappa shape index (κ2) is 5.78. The number of carboxylic acid groups (broad SMARTS) is 1. The molecule has 0 bridgehead atoms. The van der Waals surface area contributed by atoms with Gasteiger partial charge in [0.15, 0.2) is 0 Å². The van der Waals surface area contributed by atoms with Crippen LogP contribution in [0.2, 0.25) is 0 Å². The Morgan fingerprint density at radius 2 is 2.18 bits per heavy atom. The predicted molar refractivity (Wildman–Crippen MR) is 68.5 cm³/mol. The second-order valence-electron chi connectivity index (χ2n) is 4.94. The first kappa shape index (κ1) is 16.0. The lowest BCUT2D eigenvalue weighted by molar-refractivity contribution is -0.384. The standard InChI is InChI=1S/C12H12F3N3O4/c13-12(14,15)10-4-8(9(5-16-10)18(21)22)17-3-1-2-7(6-17)11(19)20/h4-5,7H,1-3,6H2,(H,19,20). The Labute approximate surface area is 122 Å². The number of halogens is 3. The molecule has 0 spiro atoms. The lowest BCUT2D eigenvalue weighted by atomic mass is 9.97. The summed E-state index contributed by atoms with van der Waals surface area (Å²) in [6.45, 7) is 0.184. The first-order valence-corrected chi connectivity index (χ1v) is 6.39. The van der Waals surface area contributed by atoms with Crippen molar-refractivity contribution in [1.82, 2.24) is 4.98 Å². The number of carbonyl (C=O) groups is 1. The SMILES string of the molecule is O=C(O)C1CCCN(c2cc(C(F)(F)F)ncc2[N+](=O)[O-])C1. The van der Waals surface area contributed by atoms with Crippen molar-refractivity contribution < 1.29 is 28.0 Å². The molecule has 1 atom stereocenters. The van der Waals surface area contributed by atoms with Crippen LogP contribution in [-0.2, 0) is 11.0 Å². The number of hydrogen-bond acceptors (Lipinski definition) is 5. The lowest BCUT2D eigenvalue weighted by Crippen LogP contribution is -2.39. The molecule has 1 aliphatic heterocycles. The molecule has 7 nitrogen and oxygen atoms in total. The van der Waals surface area contributed by atoms with Gasteiger partial charge in [-0.15, -0.1) is 0 Å². The van der Waals surface area contributed by atoms with Crippen molar-refractivity contribution >= 4 is 17.3 Å². The van der Waals surface area contributed by atoms with E-state index in [1.165, 1.54) is 4.90 Å². The molecule has 2 rings (SSSR count). The first-order chi connectivity index (χ1) is 10.2. The summed E-state index contributed by atoms with van der Waals surface area (Å²) in [5.74, 6) is -1.84. The van der Waals surface area contributed by atoms with Crippen molar-refractivity contribution in [2.24, 2.45) is 5.92 Å². The summed E-state index contributed by atoms with van der Waals surface area (Å²) in [6.07, 6.45) is -3.36. The van der Waals surface area contributed by atoms with Crippen LogP contribution in [0.4, 0.5) is 24.5 Å². The van der Waals surface area contributed by atoms with Crippen molar-refractivity contribution in [3.8, 4) is 0 Å². The molecule has 1 aliphatic rings. The summed E-state index contributed by atoms with van der Waals surface area (Å²) in [6, 6.07) is 0.600. The molecular formula is C12H12F3N3O4. The molecule has 1 fully saturated rings. The number of nitrogens with zero attached hydrogens (tertiary/aromatic N) is 3. The Bertz CT molecular complexity index is 606. The van der Waals surface area contributed by atoms with Gasteiger partial charge in [-0.3, -0.25) is 14.9 Å². The number of carboxylic acids is 1. The number of anilines is 1. The van der Waals surface area contributed by atoms with Crippen molar-refractivity contribution in [2.75, 3.05) is 18.0 Å². The highest BCUT2D eigenvalue weighted by Gasteiger charge is 2.36. The molecule has 1 N–H and O–H groups in total. The van der Waals surface area contributed by atoms with Gasteiger partial charge in [0.05, 0.1) is 10.8 Å². The molecule has 2 heterocycles. The Balaban J connectivity index is 2.42. The number of pyridine rings is 1. The van der Waals surface area contributed by atoms with Gasteiger partial charge in [0.1, 0.15) is 17.6 Å². The van der Waals surface area contributed by atoms with Gasteiger partial charge in [-0.1, -0.05) is 0 Å². The lowest BCUT2D eigenvalue weighted by Gasteiger charge is -2.32. The quantitative estimate of drug-likeness (QED) is 0.678. The number of alkyl halides is 3. The third-order valence-electron chi connectivity index (χ3n) is 3.46. The highest BCUT2D eigenvalue weighted by atomic mass is 19.4. The molecule has 0 aromatic carbocycles. The molecule has 1 aromatic heterocycles. The van der Waals surface area contributed by atoms with Crippen molar-refractivity contribution in [3.63, 3.8) is 0 Å². The highest BCUT2D eigenvalue weighted by Crippen LogP contribution is 2.36. The van der Waals surface area contributed by atoms with E-state index < -0.39 is 34.4 Å². The van der Waals surface area contributed by atoms with E-state index in [4.69, 9.17) is 5.11 Å². The van der Waals surface area contributed by atoms with E-state index in [0.717, 1.165) is 0 Å². The van der Waals surface area contributed by atoms with Crippen molar-refractivity contribution in [2.45, 2.75) is 19.0 Å². The van der Waals surface area contributed by atoms with E-state index in [-0.39, 0.29) is 18.8 Å². The van der Waals surface area contributed by atoms with Crippen molar-refractivity contribution in [3.05, 3.63) is 28.1 Å². The number of aliphatic carboxylic acids is 1. The molecule has 1 aromatic rings. The Kier molecular flexibility index (Phi) is 4.20. The summed E-state index contributed by atoms with van der Waals surface area (Å²) in [5.41, 5.74) is -2.07. The first-order valence-electron chi connectivity index (χ1n) is 6.39. The fourth-order valence-corrected chi connectivity index (χ4v) is 2.38. The Morgan fingerprint density at radius 1 is 1.50 bits per heavy atom. The zero-order valence-electron chi connectivity index (χ0n) is 11.2. The summed E-state index contributed by atoms with van der Waals surface area (Å²) in [5, 5.41) is 20.0. The van der Waals surface area contributed by atoms with E-state index >= 15 is 0 Å². The molecule has 120 valence electrons. The fraction of sp³-hybridized carbons (Fsp3) is 0.500. The largest absolute Gasteiger partial charge is 0.481 e. The molecule has 0 saturated carbocycles. The number of aromatic nitrogens is 1. The summed E-state index contributed by atoms with van der Waals surface area (Å²) < 4.78 is 38.2. The number of rotatable bonds is 3. The van der Waals surface area contributed by atoms with Gasteiger partial charge >= 0.3 is 17.8 Å². The molecule has 22 heavy (non-hydrogen) atoms. The van der Waals surface area contributed by atoms with E-state index in [9.17, 15) is 28.1 Å². The minimum Gasteiger partial charge on any atom is -0.481 e. The van der Waals surface area contributed by atoms with Crippen molar-refractivity contribution in [1.29, 1.82) is 0 Å². The fourth-order valence-electron chi connectivity index (χ4n) is 2.38. The summed E-state index contributed by atoms with van der Waals surface area (Å²) in [7, 11) is 0. The average molecular weight is 319 g/mol. The van der Waals surface area contributed by atoms with Crippen LogP contribution in [0.3, 0.4) is 0 Å². The van der Waals surface area contributed by atoms with Gasteiger partial charge in [0, 0.05) is 13.1 Å². The van der Waals surface area contributed by atoms with Gasteiger partial charge in [0.2, 0.25) is 0 Å². The maximum Gasteiger partial charge on any atom is 0.433 e. The van der Waals surface area contributed by atoms with Crippen LogP contribution >= 0.6 is 0 Å². The summed E-state index contributed by atoms with van der Waals surface area (Å²) >= 11 is 0. The minimum atomic E-state index is -4.73. The monoisotopic (exact) mass is 319 g/mol. The third-order valence-corrected chi connectivity index (χ3v) is 3.46. The molecular weight excluding hydrogens is 307 g/mol. The molecule has 0 radical (unpaired) electrons. The molecule has 0 aliphatic carbocycles. The van der Waals surface area contributed by atoms with E-state index in [0.29, 0.717) is 25.1 Å². The Hall–Kier alpha value is -2.39. The Morgan fingerprint density at radius 3 is 2.73 bits per heavy atom. The average Bonchev–Trinajstić information content (AvgIpc) is 2.45. The van der Waals surface area contributed by atoms with Crippen LogP contribution in [-0.4, -0.2) is 34.1 Å². The van der Waals surface area contributed by atoms with Gasteiger partial charge in [-0.05, 0) is 18.9 Å². The number of nitro groups is 1. The van der Waals surface area contributed by atoms with Gasteiger partial charge in [0.25, 0.3) is 0 Å². The van der Waals surface area contributed by atoms with Crippen LogP contribution in [0.5, 0.6) is 0 Å². The molecule has 1 unspecified atom stereocenters. The van der Waals surface area contributed by atoms with Crippen LogP contribution in [0.1, 0.15) is 18.5 Å². The molecule has 0 amide bonds. The zero-order chi connectivity index (χ0) is 16.5. The highest BCUT2D eigenvalue weighted by molar-refractivity contribution is 5.72. The topological polar surface area (TPSA) is 96.6 Å². The van der Waals surface area contributed by atoms with Crippen LogP contribution in [0.25, 0.3) is 0 Å². The van der Waals surface area contributed by atoms with Gasteiger partial charge < -0.3 is 10.0 Å². The van der Waals surface area contributed by atoms with Crippen LogP contribution < -0.4 is 4.90 Å². The van der Waals surface area contributed by atoms with Crippen LogP contribution in [0, 0.1) is 16.0 Å². The maximum atomic E-state index is 12.7. The smallest absolute Gasteiger partial charge is 0.433 e. The molecule has 1 saturated heterocycles. The number of hydrogen-bond donors (Lipinski definition) is 1. The number of piperidine rings is 1. The summed E-state index contributed by atoms with van der Waals surface area (Å²) in [4.78, 5) is 25.6. The predicted octanol–water partition coefficient (Wildman–Crippen LogP) is 2.31. The zero-order valence-corrected chi connectivity index (χ0v) is 11.2. The third kappa shape index (κ3) is 3.26. The van der Waals surface area contributed by atoms with Crippen LogP contribution in [0.15, 0.2) is 12.3 Å². The second-order valence-corrected chi connectivity index (χ2v) is 4.94. The van der Waals surface area contributed by atoms with E-state index in [1.807, 2.05) is 0 Å². The minimum absolute atomic E-state index is 0.0719. The van der Waals surface area contributed by atoms with Gasteiger partial charge in [-0.2, -0.15) is 13.2 Å². The maximum absolute atomic E-state index is 12.7. The normalized spacial score (nSPS) is 19.0. The van der Waals surface area contributed by atoms with E-state index in [1.54, 1.807) is 0 Å². The van der Waals surface area contributed by atoms with E-state index in [2.05, 4.69) is 4.98 Å².